The van der Waals surface area contributed by atoms with Gasteiger partial charge in [0.05, 0.1) is 17.7 Å². The second kappa shape index (κ2) is 5.92. The van der Waals surface area contributed by atoms with E-state index < -0.39 is 10.0 Å². The molecule has 0 fully saturated rings. The fraction of sp³-hybridized carbons (Fsp3) is 0.0909. The Bertz CT molecular complexity index is 763. The average molecular weight is 349 g/mol. The van der Waals surface area contributed by atoms with Gasteiger partial charge in [-0.3, -0.25) is 4.72 Å². The van der Waals surface area contributed by atoms with E-state index in [1.54, 1.807) is 0 Å². The molecule has 0 atom stereocenters. The summed E-state index contributed by atoms with van der Waals surface area (Å²) in [6.45, 7) is 0. The van der Waals surface area contributed by atoms with Crippen LogP contribution in [0.25, 0.3) is 0 Å². The first-order valence-corrected chi connectivity index (χ1v) is 7.71. The third-order valence-electron chi connectivity index (χ3n) is 2.51. The first kappa shape index (κ1) is 15.6. The highest BCUT2D eigenvalue weighted by atomic mass is 35.5. The topological polar surface area (TPSA) is 107 Å². The van der Waals surface area contributed by atoms with Gasteiger partial charge in [0.25, 0.3) is 10.0 Å². The van der Waals surface area contributed by atoms with E-state index in [9.17, 15) is 8.42 Å². The summed E-state index contributed by atoms with van der Waals surface area (Å²) < 4.78 is 31.8. The van der Waals surface area contributed by atoms with Gasteiger partial charge in [-0.25, -0.2) is 18.4 Å². The molecule has 1 aromatic carbocycles. The molecule has 3 N–H and O–H groups in total. The number of rotatable bonds is 4. The van der Waals surface area contributed by atoms with Crippen LogP contribution < -0.4 is 15.2 Å². The van der Waals surface area contributed by atoms with E-state index >= 15 is 0 Å². The lowest BCUT2D eigenvalue weighted by Gasteiger charge is -2.11. The Labute approximate surface area is 131 Å². The zero-order chi connectivity index (χ0) is 15.6. The maximum atomic E-state index is 12.3. The van der Waals surface area contributed by atoms with E-state index in [1.807, 2.05) is 0 Å². The highest BCUT2D eigenvalue weighted by Gasteiger charge is 2.20. The number of aromatic nitrogens is 2. The van der Waals surface area contributed by atoms with Gasteiger partial charge in [0, 0.05) is 6.07 Å². The maximum Gasteiger partial charge on any atom is 0.262 e. The molecular weight excluding hydrogens is 339 g/mol. The molecule has 0 aliphatic carbocycles. The third-order valence-corrected chi connectivity index (χ3v) is 4.43. The van der Waals surface area contributed by atoms with Crippen LogP contribution in [0, 0.1) is 0 Å². The van der Waals surface area contributed by atoms with Crippen LogP contribution in [0.1, 0.15) is 0 Å². The van der Waals surface area contributed by atoms with Crippen LogP contribution in [0.3, 0.4) is 0 Å². The maximum absolute atomic E-state index is 12.3. The number of hydrogen-bond acceptors (Lipinski definition) is 6. The van der Waals surface area contributed by atoms with E-state index in [2.05, 4.69) is 14.7 Å². The number of nitrogen functional groups attached to an aromatic ring is 1. The number of halogens is 2. The highest BCUT2D eigenvalue weighted by molar-refractivity contribution is 7.92. The number of nitrogens with one attached hydrogen (secondary N) is 1. The summed E-state index contributed by atoms with van der Waals surface area (Å²) in [4.78, 5) is 7.26. The Morgan fingerprint density at radius 1 is 1.24 bits per heavy atom. The molecule has 0 saturated carbocycles. The van der Waals surface area contributed by atoms with Crippen LogP contribution in [0.5, 0.6) is 5.75 Å². The molecule has 2 aromatic rings. The molecule has 0 amide bonds. The second-order valence-corrected chi connectivity index (χ2v) is 6.24. The van der Waals surface area contributed by atoms with Gasteiger partial charge in [-0.2, -0.15) is 0 Å². The van der Waals surface area contributed by atoms with Crippen molar-refractivity contribution in [2.75, 3.05) is 17.6 Å². The molecule has 0 bridgehead atoms. The van der Waals surface area contributed by atoms with Crippen LogP contribution in [-0.4, -0.2) is 25.5 Å². The van der Waals surface area contributed by atoms with E-state index in [-0.39, 0.29) is 26.6 Å². The molecule has 0 saturated heterocycles. The van der Waals surface area contributed by atoms with E-state index in [1.165, 1.54) is 25.3 Å². The van der Waals surface area contributed by atoms with Crippen molar-refractivity contribution in [2.24, 2.45) is 0 Å². The quantitative estimate of drug-likeness (QED) is 0.647. The van der Waals surface area contributed by atoms with Crippen molar-refractivity contribution in [3.8, 4) is 5.75 Å². The predicted octanol–water partition coefficient (Wildman–Crippen LogP) is 2.17. The number of ether oxygens (including phenoxy) is 1. The summed E-state index contributed by atoms with van der Waals surface area (Å²) >= 11 is 11.6. The SMILES string of the molecule is COc1cc(S(=O)(=O)Nc2c(Cl)ncnc2Cl)ccc1N. The third kappa shape index (κ3) is 3.29. The summed E-state index contributed by atoms with van der Waals surface area (Å²) in [7, 11) is -2.56. The Morgan fingerprint density at radius 2 is 1.86 bits per heavy atom. The fourth-order valence-electron chi connectivity index (χ4n) is 1.48. The second-order valence-electron chi connectivity index (χ2n) is 3.84. The molecule has 0 radical (unpaired) electrons. The lowest BCUT2D eigenvalue weighted by molar-refractivity contribution is 0.415. The molecule has 2 rings (SSSR count). The van der Waals surface area contributed by atoms with Gasteiger partial charge in [-0.05, 0) is 12.1 Å². The first-order valence-electron chi connectivity index (χ1n) is 5.47. The molecule has 112 valence electrons. The molecule has 0 unspecified atom stereocenters. The van der Waals surface area contributed by atoms with Gasteiger partial charge >= 0.3 is 0 Å². The van der Waals surface area contributed by atoms with Gasteiger partial charge in [0.1, 0.15) is 17.8 Å². The van der Waals surface area contributed by atoms with Crippen molar-refractivity contribution in [3.05, 3.63) is 34.8 Å². The van der Waals surface area contributed by atoms with Crippen molar-refractivity contribution in [3.63, 3.8) is 0 Å². The van der Waals surface area contributed by atoms with E-state index in [0.717, 1.165) is 6.33 Å². The number of anilines is 2. The molecule has 0 aliphatic heterocycles. The summed E-state index contributed by atoms with van der Waals surface area (Å²) in [5, 5.41) is -0.220. The molecule has 10 heteroatoms. The highest BCUT2D eigenvalue weighted by Crippen LogP contribution is 2.30. The summed E-state index contributed by atoms with van der Waals surface area (Å²) in [5.74, 6) is 0.236. The largest absolute Gasteiger partial charge is 0.495 e. The van der Waals surface area contributed by atoms with E-state index in [4.69, 9.17) is 33.7 Å². The number of hydrogen-bond donors (Lipinski definition) is 2. The van der Waals surface area contributed by atoms with Crippen LogP contribution >= 0.6 is 23.2 Å². The Hall–Kier alpha value is -1.77. The fourth-order valence-corrected chi connectivity index (χ4v) is 3.09. The molecular formula is C11H10Cl2N4O3S. The lowest BCUT2D eigenvalue weighted by Crippen LogP contribution is -2.14. The summed E-state index contributed by atoms with van der Waals surface area (Å²) in [6, 6.07) is 4.02. The first-order chi connectivity index (χ1) is 9.85. The van der Waals surface area contributed by atoms with Crippen LogP contribution in [-0.2, 0) is 10.0 Å². The van der Waals surface area contributed by atoms with Gasteiger partial charge in [0.2, 0.25) is 0 Å². The smallest absolute Gasteiger partial charge is 0.262 e. The minimum atomic E-state index is -3.94. The van der Waals surface area contributed by atoms with E-state index in [0.29, 0.717) is 5.69 Å². The minimum absolute atomic E-state index is 0.0652. The Kier molecular flexibility index (Phi) is 4.40. The van der Waals surface area contributed by atoms with Crippen LogP contribution in [0.15, 0.2) is 29.4 Å². The number of nitrogens with two attached hydrogens (primary N) is 1. The summed E-state index contributed by atoms with van der Waals surface area (Å²) in [5.41, 5.74) is 5.86. The van der Waals surface area contributed by atoms with Crippen molar-refractivity contribution >= 4 is 44.6 Å². The van der Waals surface area contributed by atoms with Crippen molar-refractivity contribution in [1.82, 2.24) is 9.97 Å². The molecule has 7 nitrogen and oxygen atoms in total. The number of sulfonamides is 1. The minimum Gasteiger partial charge on any atom is -0.495 e. The summed E-state index contributed by atoms with van der Waals surface area (Å²) in [6.07, 6.45) is 1.12. The van der Waals surface area contributed by atoms with Crippen molar-refractivity contribution in [2.45, 2.75) is 4.90 Å². The molecule has 1 heterocycles. The van der Waals surface area contributed by atoms with Gasteiger partial charge in [-0.1, -0.05) is 23.2 Å². The predicted molar refractivity (Wildman–Crippen MR) is 80.3 cm³/mol. The zero-order valence-electron chi connectivity index (χ0n) is 10.7. The monoisotopic (exact) mass is 348 g/mol. The van der Waals surface area contributed by atoms with Gasteiger partial charge in [0.15, 0.2) is 10.3 Å². The van der Waals surface area contributed by atoms with Crippen LogP contribution in [0.4, 0.5) is 11.4 Å². The van der Waals surface area contributed by atoms with Crippen LogP contribution in [0.2, 0.25) is 10.3 Å². The Morgan fingerprint density at radius 3 is 2.43 bits per heavy atom. The average Bonchev–Trinajstić information content (AvgIpc) is 2.43. The molecule has 0 aliphatic rings. The van der Waals surface area contributed by atoms with Gasteiger partial charge < -0.3 is 10.5 Å². The van der Waals surface area contributed by atoms with Crippen molar-refractivity contribution in [1.29, 1.82) is 0 Å². The molecule has 0 spiro atoms. The van der Waals surface area contributed by atoms with Crippen molar-refractivity contribution < 1.29 is 13.2 Å². The number of methoxy groups -OCH3 is 1. The normalized spacial score (nSPS) is 11.2. The Balaban J connectivity index is 2.44. The standard InChI is InChI=1S/C11H10Cl2N4O3S/c1-20-8-4-6(2-3-7(8)14)21(18,19)17-9-10(12)15-5-16-11(9)13/h2-5,17H,14H2,1H3. The zero-order valence-corrected chi connectivity index (χ0v) is 13.0. The lowest BCUT2D eigenvalue weighted by atomic mass is 10.3. The number of benzene rings is 1. The molecule has 21 heavy (non-hydrogen) atoms. The van der Waals surface area contributed by atoms with Gasteiger partial charge in [-0.15, -0.1) is 0 Å². The number of nitrogens with zero attached hydrogens (tertiary/aromatic N) is 2. The molecule has 1 aromatic heterocycles.